The van der Waals surface area contributed by atoms with Gasteiger partial charge in [0.05, 0.1) is 17.2 Å². The number of nitrogens with two attached hydrogens (primary N) is 1. The maximum atomic E-state index is 5.77. The van der Waals surface area contributed by atoms with Crippen molar-refractivity contribution in [2.24, 2.45) is 5.73 Å². The third-order valence-corrected chi connectivity index (χ3v) is 3.11. The van der Waals surface area contributed by atoms with Gasteiger partial charge in [-0.1, -0.05) is 19.1 Å². The molecule has 3 N–H and O–H groups in total. The van der Waals surface area contributed by atoms with Crippen LogP contribution in [0.4, 0.5) is 5.82 Å². The zero-order valence-electron chi connectivity index (χ0n) is 10.3. The molecule has 0 saturated carbocycles. The Kier molecular flexibility index (Phi) is 3.24. The smallest absolute Gasteiger partial charge is 0.145 e. The molecule has 2 rings (SSSR count). The second-order valence-electron chi connectivity index (χ2n) is 4.49. The molecular formula is C13H18N4. The normalized spacial score (nSPS) is 14.5. The van der Waals surface area contributed by atoms with Crippen molar-refractivity contribution in [3.8, 4) is 0 Å². The summed E-state index contributed by atoms with van der Waals surface area (Å²) in [7, 11) is 0. The van der Waals surface area contributed by atoms with Gasteiger partial charge in [0, 0.05) is 12.1 Å². The number of rotatable bonds is 4. The summed E-state index contributed by atoms with van der Waals surface area (Å²) in [6.07, 6.45) is 2.70. The number of hydrogen-bond donors (Lipinski definition) is 2. The quantitative estimate of drug-likeness (QED) is 0.845. The molecule has 1 aromatic carbocycles. The molecule has 1 unspecified atom stereocenters. The maximum absolute atomic E-state index is 5.77. The van der Waals surface area contributed by atoms with E-state index in [9.17, 15) is 0 Å². The van der Waals surface area contributed by atoms with E-state index >= 15 is 0 Å². The molecule has 4 nitrogen and oxygen atoms in total. The molecule has 1 heterocycles. The first-order valence-corrected chi connectivity index (χ1v) is 5.87. The fourth-order valence-corrected chi connectivity index (χ4v) is 1.61. The topological polar surface area (TPSA) is 63.8 Å². The predicted molar refractivity (Wildman–Crippen MR) is 70.9 cm³/mol. The first kappa shape index (κ1) is 11.8. The summed E-state index contributed by atoms with van der Waals surface area (Å²) in [5, 5.41) is 3.35. The number of nitrogens with zero attached hydrogens (tertiary/aromatic N) is 2. The van der Waals surface area contributed by atoms with Crippen LogP contribution in [0.2, 0.25) is 0 Å². The van der Waals surface area contributed by atoms with Crippen LogP contribution in [-0.4, -0.2) is 22.1 Å². The Hall–Kier alpha value is -1.68. The van der Waals surface area contributed by atoms with Gasteiger partial charge in [-0.3, -0.25) is 4.98 Å². The lowest BCUT2D eigenvalue weighted by molar-refractivity contribution is 0.504. The van der Waals surface area contributed by atoms with Crippen LogP contribution in [-0.2, 0) is 0 Å². The Morgan fingerprint density at radius 3 is 2.65 bits per heavy atom. The first-order valence-electron chi connectivity index (χ1n) is 5.87. The lowest BCUT2D eigenvalue weighted by Crippen LogP contribution is -2.42. The second-order valence-corrected chi connectivity index (χ2v) is 4.49. The van der Waals surface area contributed by atoms with Gasteiger partial charge in [-0.15, -0.1) is 0 Å². The summed E-state index contributed by atoms with van der Waals surface area (Å²) in [6.45, 7) is 4.76. The SMILES string of the molecule is CCC(C)(CN)Nc1cnc2ccccc2n1. The van der Waals surface area contributed by atoms with Crippen LogP contribution in [0, 0.1) is 0 Å². The van der Waals surface area contributed by atoms with Gasteiger partial charge in [0.25, 0.3) is 0 Å². The summed E-state index contributed by atoms with van der Waals surface area (Å²) in [6, 6.07) is 7.83. The van der Waals surface area contributed by atoms with Crippen molar-refractivity contribution in [3.05, 3.63) is 30.5 Å². The number of fused-ring (bicyclic) bond motifs is 1. The molecule has 0 bridgehead atoms. The van der Waals surface area contributed by atoms with E-state index in [-0.39, 0.29) is 5.54 Å². The molecule has 0 aliphatic rings. The molecule has 0 spiro atoms. The van der Waals surface area contributed by atoms with Crippen LogP contribution in [0.25, 0.3) is 11.0 Å². The molecule has 1 aromatic heterocycles. The number of aromatic nitrogens is 2. The van der Waals surface area contributed by atoms with E-state index in [4.69, 9.17) is 5.73 Å². The monoisotopic (exact) mass is 230 g/mol. The molecule has 17 heavy (non-hydrogen) atoms. The highest BCUT2D eigenvalue weighted by atomic mass is 15.1. The minimum Gasteiger partial charge on any atom is -0.362 e. The summed E-state index contributed by atoms with van der Waals surface area (Å²) in [5.41, 5.74) is 7.44. The van der Waals surface area contributed by atoms with Gasteiger partial charge in [-0.25, -0.2) is 4.98 Å². The molecule has 0 saturated heterocycles. The first-order chi connectivity index (χ1) is 8.17. The molecule has 0 aliphatic carbocycles. The summed E-state index contributed by atoms with van der Waals surface area (Å²) in [5.74, 6) is 0.776. The minimum absolute atomic E-state index is 0.128. The minimum atomic E-state index is -0.128. The average molecular weight is 230 g/mol. The van der Waals surface area contributed by atoms with Crippen molar-refractivity contribution in [3.63, 3.8) is 0 Å². The molecule has 4 heteroatoms. The van der Waals surface area contributed by atoms with Gasteiger partial charge in [0.2, 0.25) is 0 Å². The standard InChI is InChI=1S/C13H18N4/c1-3-13(2,9-14)17-12-8-15-10-6-4-5-7-11(10)16-12/h4-8H,3,9,14H2,1-2H3,(H,16,17). The number of benzene rings is 1. The fourth-order valence-electron chi connectivity index (χ4n) is 1.61. The number of nitrogens with one attached hydrogen (secondary N) is 1. The lowest BCUT2D eigenvalue weighted by atomic mass is 9.99. The second kappa shape index (κ2) is 4.67. The van der Waals surface area contributed by atoms with E-state index in [1.165, 1.54) is 0 Å². The molecule has 2 aromatic rings. The lowest BCUT2D eigenvalue weighted by Gasteiger charge is -2.28. The van der Waals surface area contributed by atoms with E-state index in [1.54, 1.807) is 6.20 Å². The number of anilines is 1. The Balaban J connectivity index is 2.31. The van der Waals surface area contributed by atoms with Crippen molar-refractivity contribution < 1.29 is 0 Å². The zero-order valence-corrected chi connectivity index (χ0v) is 10.3. The van der Waals surface area contributed by atoms with Crippen molar-refractivity contribution in [2.45, 2.75) is 25.8 Å². The number of para-hydroxylation sites is 2. The Labute approximate surface area is 101 Å². The highest BCUT2D eigenvalue weighted by Gasteiger charge is 2.20. The van der Waals surface area contributed by atoms with E-state index in [0.29, 0.717) is 6.54 Å². The summed E-state index contributed by atoms with van der Waals surface area (Å²) >= 11 is 0. The van der Waals surface area contributed by atoms with Crippen molar-refractivity contribution in [2.75, 3.05) is 11.9 Å². The maximum Gasteiger partial charge on any atom is 0.145 e. The highest BCUT2D eigenvalue weighted by Crippen LogP contribution is 2.17. The van der Waals surface area contributed by atoms with Crippen molar-refractivity contribution >= 4 is 16.9 Å². The third-order valence-electron chi connectivity index (χ3n) is 3.11. The van der Waals surface area contributed by atoms with Crippen LogP contribution in [0.1, 0.15) is 20.3 Å². The Morgan fingerprint density at radius 2 is 2.00 bits per heavy atom. The van der Waals surface area contributed by atoms with Crippen LogP contribution >= 0.6 is 0 Å². The van der Waals surface area contributed by atoms with Crippen LogP contribution in [0.15, 0.2) is 30.5 Å². The van der Waals surface area contributed by atoms with Crippen LogP contribution in [0.5, 0.6) is 0 Å². The summed E-state index contributed by atoms with van der Waals surface area (Å²) in [4.78, 5) is 8.90. The van der Waals surface area contributed by atoms with E-state index in [2.05, 4.69) is 29.1 Å². The molecular weight excluding hydrogens is 212 g/mol. The predicted octanol–water partition coefficient (Wildman–Crippen LogP) is 2.17. The van der Waals surface area contributed by atoms with E-state index in [1.807, 2.05) is 24.3 Å². The third kappa shape index (κ3) is 2.53. The largest absolute Gasteiger partial charge is 0.362 e. The van der Waals surface area contributed by atoms with E-state index < -0.39 is 0 Å². The molecule has 90 valence electrons. The van der Waals surface area contributed by atoms with Gasteiger partial charge in [-0.2, -0.15) is 0 Å². The Bertz CT molecular complexity index is 506. The molecule has 1 atom stereocenters. The van der Waals surface area contributed by atoms with Crippen LogP contribution in [0.3, 0.4) is 0 Å². The molecule has 0 fully saturated rings. The fraction of sp³-hybridized carbons (Fsp3) is 0.385. The Morgan fingerprint density at radius 1 is 1.29 bits per heavy atom. The van der Waals surface area contributed by atoms with Crippen LogP contribution < -0.4 is 11.1 Å². The van der Waals surface area contributed by atoms with Crippen molar-refractivity contribution in [1.29, 1.82) is 0 Å². The van der Waals surface area contributed by atoms with Gasteiger partial charge in [0.1, 0.15) is 5.82 Å². The average Bonchev–Trinajstić information content (AvgIpc) is 2.38. The molecule has 0 radical (unpaired) electrons. The molecule has 0 aliphatic heterocycles. The van der Waals surface area contributed by atoms with Crippen molar-refractivity contribution in [1.82, 2.24) is 9.97 Å². The zero-order chi connectivity index (χ0) is 12.3. The van der Waals surface area contributed by atoms with Gasteiger partial charge in [-0.05, 0) is 25.5 Å². The molecule has 0 amide bonds. The van der Waals surface area contributed by atoms with Gasteiger partial charge in [0.15, 0.2) is 0 Å². The van der Waals surface area contributed by atoms with Gasteiger partial charge >= 0.3 is 0 Å². The van der Waals surface area contributed by atoms with Gasteiger partial charge < -0.3 is 11.1 Å². The highest BCUT2D eigenvalue weighted by molar-refractivity contribution is 5.75. The summed E-state index contributed by atoms with van der Waals surface area (Å²) < 4.78 is 0. The van der Waals surface area contributed by atoms with E-state index in [0.717, 1.165) is 23.3 Å². The number of hydrogen-bond acceptors (Lipinski definition) is 4.